The normalized spacial score (nSPS) is 16.6. The molecule has 0 spiro atoms. The molecule has 1 atom stereocenters. The lowest BCUT2D eigenvalue weighted by molar-refractivity contribution is -0.141. The van der Waals surface area contributed by atoms with Gasteiger partial charge in [0.1, 0.15) is 11.5 Å². The molecule has 9 heteroatoms. The van der Waals surface area contributed by atoms with Gasteiger partial charge in [0, 0.05) is 53.3 Å². The van der Waals surface area contributed by atoms with Crippen LogP contribution in [0.1, 0.15) is 51.4 Å². The second kappa shape index (κ2) is 10.5. The fourth-order valence-electron chi connectivity index (χ4n) is 5.87. The van der Waals surface area contributed by atoms with Crippen LogP contribution in [0.5, 0.6) is 0 Å². The second-order valence-electron chi connectivity index (χ2n) is 10.9. The van der Waals surface area contributed by atoms with Crippen LogP contribution >= 0.6 is 11.3 Å². The van der Waals surface area contributed by atoms with Crippen LogP contribution in [0.15, 0.2) is 48.1 Å². The number of halogens is 1. The van der Waals surface area contributed by atoms with Gasteiger partial charge >= 0.3 is 5.97 Å². The van der Waals surface area contributed by atoms with Gasteiger partial charge in [-0.3, -0.25) is 14.5 Å². The molecule has 4 aromatic rings. The minimum Gasteiger partial charge on any atom is -0.481 e. The van der Waals surface area contributed by atoms with Crippen molar-refractivity contribution in [1.82, 2.24) is 14.5 Å². The summed E-state index contributed by atoms with van der Waals surface area (Å²) in [4.78, 5) is 36.7. The van der Waals surface area contributed by atoms with Crippen molar-refractivity contribution in [1.29, 1.82) is 0 Å². The molecule has 0 saturated heterocycles. The number of aliphatic carboxylic acids is 1. The Hall–Kier alpha value is -3.59. The van der Waals surface area contributed by atoms with Crippen LogP contribution in [0, 0.1) is 17.7 Å². The lowest BCUT2D eigenvalue weighted by Crippen LogP contribution is -2.39. The largest absolute Gasteiger partial charge is 0.481 e. The van der Waals surface area contributed by atoms with Crippen molar-refractivity contribution in [3.05, 3.63) is 53.9 Å². The Morgan fingerprint density at radius 2 is 1.95 bits per heavy atom. The van der Waals surface area contributed by atoms with Crippen LogP contribution in [0.3, 0.4) is 0 Å². The highest BCUT2D eigenvalue weighted by Crippen LogP contribution is 2.41. The van der Waals surface area contributed by atoms with E-state index < -0.39 is 11.9 Å². The maximum Gasteiger partial charge on any atom is 0.304 e. The van der Waals surface area contributed by atoms with Crippen LogP contribution in [-0.4, -0.2) is 37.6 Å². The molecule has 0 bridgehead atoms. The molecule has 1 aromatic carbocycles. The van der Waals surface area contributed by atoms with E-state index in [2.05, 4.69) is 4.98 Å². The molecule has 39 heavy (non-hydrogen) atoms. The average molecular weight is 547 g/mol. The molecule has 202 valence electrons. The van der Waals surface area contributed by atoms with Gasteiger partial charge in [0.05, 0.1) is 12.1 Å². The smallest absolute Gasteiger partial charge is 0.304 e. The number of anilines is 1. The monoisotopic (exact) mass is 546 g/mol. The van der Waals surface area contributed by atoms with E-state index in [-0.39, 0.29) is 24.2 Å². The number of nitrogens with zero attached hydrogens (tertiary/aromatic N) is 4. The number of hydrogen-bond donors (Lipinski definition) is 1. The number of carbonyl (C=O) groups excluding carboxylic acids is 1. The van der Waals surface area contributed by atoms with E-state index in [4.69, 9.17) is 4.98 Å². The van der Waals surface area contributed by atoms with Crippen LogP contribution in [0.25, 0.3) is 33.4 Å². The molecule has 3 aromatic heterocycles. The molecular formula is C30H31FN4O3S. The zero-order valence-corrected chi connectivity index (χ0v) is 22.7. The molecule has 2 aliphatic carbocycles. The Bertz CT molecular complexity index is 1540. The van der Waals surface area contributed by atoms with Crippen molar-refractivity contribution in [2.24, 2.45) is 18.9 Å². The second-order valence-corrected chi connectivity index (χ2v) is 11.7. The zero-order valence-electron chi connectivity index (χ0n) is 21.8. The minimum absolute atomic E-state index is 0.0352. The standard InChI is InChI=1S/C30H31FN4O3S/c1-34-11-10-19-13-21(16-32-28(19)34)24-9-6-22(31)15-25(24)26-17-39-30(33-26)35(23-7-8-23)29(38)20(14-27(36)37)12-18-4-2-3-5-18/h6,9-11,13,15-18,20,23H,2-5,7-8,12,14H2,1H3,(H,36,37). The topological polar surface area (TPSA) is 88.3 Å². The SMILES string of the molecule is Cn1ccc2cc(-c3ccc(F)cc3-c3csc(N(C(=O)C(CC(=O)O)CC4CCCC4)C4CC4)n3)cnc21. The first-order valence-electron chi connectivity index (χ1n) is 13.6. The Kier molecular flexibility index (Phi) is 6.93. The van der Waals surface area contributed by atoms with E-state index in [9.17, 15) is 19.1 Å². The Morgan fingerprint density at radius 3 is 2.69 bits per heavy atom. The average Bonchev–Trinajstić information content (AvgIpc) is 3.27. The third kappa shape index (κ3) is 5.32. The van der Waals surface area contributed by atoms with Gasteiger partial charge in [0.25, 0.3) is 0 Å². The fraction of sp³-hybridized carbons (Fsp3) is 0.400. The first-order chi connectivity index (χ1) is 18.9. The Balaban J connectivity index is 1.33. The van der Waals surface area contributed by atoms with Crippen molar-refractivity contribution in [3.63, 3.8) is 0 Å². The van der Waals surface area contributed by atoms with Crippen molar-refractivity contribution in [2.75, 3.05) is 4.90 Å². The molecule has 2 aliphatic rings. The summed E-state index contributed by atoms with van der Waals surface area (Å²) in [6.45, 7) is 0. The quantitative estimate of drug-likeness (QED) is 0.253. The van der Waals surface area contributed by atoms with E-state index in [1.54, 1.807) is 17.2 Å². The molecule has 7 nitrogen and oxygen atoms in total. The molecule has 0 radical (unpaired) electrons. The van der Waals surface area contributed by atoms with Crippen LogP contribution in [-0.2, 0) is 16.6 Å². The predicted molar refractivity (Wildman–Crippen MR) is 150 cm³/mol. The lowest BCUT2D eigenvalue weighted by atomic mass is 9.90. The highest BCUT2D eigenvalue weighted by molar-refractivity contribution is 7.14. The van der Waals surface area contributed by atoms with Crippen LogP contribution < -0.4 is 4.90 Å². The number of hydrogen-bond acceptors (Lipinski definition) is 5. The highest BCUT2D eigenvalue weighted by Gasteiger charge is 2.40. The van der Waals surface area contributed by atoms with Gasteiger partial charge < -0.3 is 9.67 Å². The maximum absolute atomic E-state index is 14.5. The van der Waals surface area contributed by atoms with Gasteiger partial charge in [-0.25, -0.2) is 14.4 Å². The number of carboxylic acid groups (broad SMARTS) is 1. The number of rotatable bonds is 9. The summed E-state index contributed by atoms with van der Waals surface area (Å²) < 4.78 is 16.4. The van der Waals surface area contributed by atoms with E-state index in [1.165, 1.54) is 23.5 Å². The van der Waals surface area contributed by atoms with Crippen LogP contribution in [0.2, 0.25) is 0 Å². The van der Waals surface area contributed by atoms with Crippen LogP contribution in [0.4, 0.5) is 9.52 Å². The van der Waals surface area contributed by atoms with Gasteiger partial charge in [-0.15, -0.1) is 11.3 Å². The predicted octanol–water partition coefficient (Wildman–Crippen LogP) is 6.67. The van der Waals surface area contributed by atoms with Crippen molar-refractivity contribution in [2.45, 2.75) is 57.4 Å². The summed E-state index contributed by atoms with van der Waals surface area (Å²) in [5, 5.41) is 13.0. The summed E-state index contributed by atoms with van der Waals surface area (Å²) in [5.74, 6) is -1.63. The zero-order chi connectivity index (χ0) is 27.1. The molecule has 0 aliphatic heterocycles. The summed E-state index contributed by atoms with van der Waals surface area (Å²) >= 11 is 1.35. The molecule has 6 rings (SSSR count). The van der Waals surface area contributed by atoms with E-state index in [0.717, 1.165) is 60.7 Å². The fourth-order valence-corrected chi connectivity index (χ4v) is 6.77. The van der Waals surface area contributed by atoms with Gasteiger partial charge in [-0.2, -0.15) is 0 Å². The number of aryl methyl sites for hydroxylation is 1. The number of fused-ring (bicyclic) bond motifs is 1. The third-order valence-corrected chi connectivity index (χ3v) is 8.83. The third-order valence-electron chi connectivity index (χ3n) is 7.99. The number of thiazole rings is 1. The first-order valence-corrected chi connectivity index (χ1v) is 14.5. The van der Waals surface area contributed by atoms with Gasteiger partial charge in [0.2, 0.25) is 5.91 Å². The molecule has 1 N–H and O–H groups in total. The number of amides is 1. The van der Waals surface area contributed by atoms with Crippen molar-refractivity contribution < 1.29 is 19.1 Å². The Morgan fingerprint density at radius 1 is 1.15 bits per heavy atom. The number of carbonyl (C=O) groups is 2. The van der Waals surface area contributed by atoms with E-state index in [0.29, 0.717) is 28.7 Å². The van der Waals surface area contributed by atoms with Gasteiger partial charge in [0.15, 0.2) is 5.13 Å². The summed E-state index contributed by atoms with van der Waals surface area (Å²) in [6.07, 6.45) is 10.3. The molecule has 3 heterocycles. The molecule has 2 saturated carbocycles. The Labute approximate surface area is 230 Å². The van der Waals surface area contributed by atoms with Crippen molar-refractivity contribution in [3.8, 4) is 22.4 Å². The summed E-state index contributed by atoms with van der Waals surface area (Å²) in [7, 11) is 1.94. The number of pyridine rings is 1. The van der Waals surface area contributed by atoms with Crippen molar-refractivity contribution >= 4 is 39.4 Å². The maximum atomic E-state index is 14.5. The molecule has 1 unspecified atom stereocenters. The first kappa shape index (κ1) is 25.7. The molecule has 2 fully saturated rings. The number of aromatic nitrogens is 3. The highest BCUT2D eigenvalue weighted by atomic mass is 32.1. The lowest BCUT2D eigenvalue weighted by Gasteiger charge is -2.26. The number of benzene rings is 1. The molecular weight excluding hydrogens is 515 g/mol. The summed E-state index contributed by atoms with van der Waals surface area (Å²) in [6, 6.07) is 8.71. The molecule has 1 amide bonds. The van der Waals surface area contributed by atoms with Gasteiger partial charge in [-0.05, 0) is 55.0 Å². The van der Waals surface area contributed by atoms with Gasteiger partial charge in [-0.1, -0.05) is 31.7 Å². The summed E-state index contributed by atoms with van der Waals surface area (Å²) in [5.41, 5.74) is 3.74. The minimum atomic E-state index is -0.949. The van der Waals surface area contributed by atoms with E-state index >= 15 is 0 Å². The number of carboxylic acids is 1. The van der Waals surface area contributed by atoms with E-state index in [1.807, 2.05) is 35.3 Å².